The Hall–Kier alpha value is -2.29. The zero-order chi connectivity index (χ0) is 20.9. The molecule has 1 saturated carbocycles. The van der Waals surface area contributed by atoms with Crippen LogP contribution in [0.1, 0.15) is 34.7 Å². The lowest BCUT2D eigenvalue weighted by Gasteiger charge is -2.15. The van der Waals surface area contributed by atoms with Gasteiger partial charge in [0.25, 0.3) is 0 Å². The second kappa shape index (κ2) is 9.47. The molecule has 158 valence electrons. The highest BCUT2D eigenvalue weighted by molar-refractivity contribution is 7.09. The first kappa shape index (κ1) is 21.4. The number of rotatable bonds is 8. The monoisotopic (exact) mass is 426 g/mol. The first-order chi connectivity index (χ1) is 13.8. The molecule has 5 nitrogen and oxygen atoms in total. The third-order valence-corrected chi connectivity index (χ3v) is 5.45. The van der Waals surface area contributed by atoms with Gasteiger partial charge in [0.2, 0.25) is 0 Å². The van der Waals surface area contributed by atoms with Crippen molar-refractivity contribution in [3.63, 3.8) is 0 Å². The number of hydrogen-bond donors (Lipinski definition) is 2. The van der Waals surface area contributed by atoms with Crippen LogP contribution in [-0.4, -0.2) is 31.1 Å². The van der Waals surface area contributed by atoms with Crippen molar-refractivity contribution in [1.29, 1.82) is 0 Å². The molecule has 2 N–H and O–H groups in total. The Bertz CT molecular complexity index is 846. The van der Waals surface area contributed by atoms with E-state index < -0.39 is 11.9 Å². The van der Waals surface area contributed by atoms with E-state index in [0.29, 0.717) is 36.4 Å². The molecule has 1 fully saturated rings. The number of benzene rings is 1. The van der Waals surface area contributed by atoms with Crippen LogP contribution in [0.3, 0.4) is 0 Å². The minimum Gasteiger partial charge on any atom is -0.493 e. The van der Waals surface area contributed by atoms with Crippen molar-refractivity contribution in [1.82, 2.24) is 15.6 Å². The summed E-state index contributed by atoms with van der Waals surface area (Å²) in [5.41, 5.74) is 1.34. The lowest BCUT2D eigenvalue weighted by Crippen LogP contribution is -2.38. The molecule has 29 heavy (non-hydrogen) atoms. The number of alkyl halides is 3. The summed E-state index contributed by atoms with van der Waals surface area (Å²) in [5.74, 6) is 2.13. The third kappa shape index (κ3) is 6.62. The number of nitrogens with zero attached hydrogens (tertiary/aromatic N) is 2. The zero-order valence-corrected chi connectivity index (χ0v) is 17.3. The normalized spacial score (nSPS) is 14.7. The topological polar surface area (TPSA) is 58.5 Å². The third-order valence-electron chi connectivity index (χ3n) is 4.54. The summed E-state index contributed by atoms with van der Waals surface area (Å²) in [5, 5.41) is 7.82. The fourth-order valence-corrected chi connectivity index (χ4v) is 3.48. The van der Waals surface area contributed by atoms with E-state index in [4.69, 9.17) is 4.74 Å². The molecule has 0 amide bonds. The van der Waals surface area contributed by atoms with E-state index in [2.05, 4.69) is 20.6 Å². The van der Waals surface area contributed by atoms with Gasteiger partial charge in [-0.15, -0.1) is 11.3 Å². The van der Waals surface area contributed by atoms with Crippen LogP contribution in [0, 0.1) is 12.8 Å². The minimum absolute atomic E-state index is 0.391. The Kier molecular flexibility index (Phi) is 7.00. The van der Waals surface area contributed by atoms with Gasteiger partial charge in [0.15, 0.2) is 11.7 Å². The van der Waals surface area contributed by atoms with Gasteiger partial charge < -0.3 is 15.4 Å². The number of aliphatic imine (C=N–C) groups is 1. The quantitative estimate of drug-likeness (QED) is 0.492. The molecule has 0 aliphatic heterocycles. The Morgan fingerprint density at radius 3 is 2.76 bits per heavy atom. The number of guanidine groups is 1. The molecule has 0 atom stereocenters. The molecule has 1 aliphatic carbocycles. The van der Waals surface area contributed by atoms with E-state index in [0.717, 1.165) is 40.2 Å². The predicted octanol–water partition coefficient (Wildman–Crippen LogP) is 4.17. The Labute approximate surface area is 172 Å². The van der Waals surface area contributed by atoms with Crippen LogP contribution in [0.25, 0.3) is 0 Å². The SMILES string of the molecule is CN=C(NCCc1nc(C(F)(F)F)cs1)NCc1ccc(C)cc1OCC1CC1. The molecule has 0 bridgehead atoms. The van der Waals surface area contributed by atoms with E-state index in [1.807, 2.05) is 25.1 Å². The van der Waals surface area contributed by atoms with Crippen molar-refractivity contribution in [2.45, 2.75) is 38.9 Å². The second-order valence-corrected chi connectivity index (χ2v) is 8.03. The fourth-order valence-electron chi connectivity index (χ4n) is 2.68. The van der Waals surface area contributed by atoms with E-state index in [1.54, 1.807) is 7.05 Å². The van der Waals surface area contributed by atoms with Gasteiger partial charge in [-0.2, -0.15) is 13.2 Å². The zero-order valence-electron chi connectivity index (χ0n) is 16.5. The lowest BCUT2D eigenvalue weighted by atomic mass is 10.1. The molecule has 1 aliphatic rings. The van der Waals surface area contributed by atoms with Gasteiger partial charge in [0.05, 0.1) is 11.6 Å². The number of ether oxygens (including phenoxy) is 1. The molecule has 0 spiro atoms. The second-order valence-electron chi connectivity index (χ2n) is 7.09. The van der Waals surface area contributed by atoms with Crippen molar-refractivity contribution in [3.8, 4) is 5.75 Å². The average Bonchev–Trinajstić information content (AvgIpc) is 3.38. The van der Waals surface area contributed by atoms with Crippen LogP contribution in [0.2, 0.25) is 0 Å². The summed E-state index contributed by atoms with van der Waals surface area (Å²) >= 11 is 1.01. The standard InChI is InChI=1S/C20H25F3N4OS/c1-13-3-6-15(16(9-13)28-11-14-4-5-14)10-26-19(24-2)25-8-7-18-27-17(12-29-18)20(21,22)23/h3,6,9,12,14H,4-5,7-8,10-11H2,1-2H3,(H2,24,25,26). The molecule has 1 heterocycles. The summed E-state index contributed by atoms with van der Waals surface area (Å²) < 4.78 is 43.8. The van der Waals surface area contributed by atoms with Crippen LogP contribution in [0.15, 0.2) is 28.6 Å². The highest BCUT2D eigenvalue weighted by Crippen LogP contribution is 2.31. The average molecular weight is 427 g/mol. The molecule has 9 heteroatoms. The van der Waals surface area contributed by atoms with E-state index in [-0.39, 0.29) is 0 Å². The summed E-state index contributed by atoms with van der Waals surface area (Å²) in [7, 11) is 1.65. The van der Waals surface area contributed by atoms with Gasteiger partial charge in [-0.1, -0.05) is 12.1 Å². The van der Waals surface area contributed by atoms with Crippen LogP contribution < -0.4 is 15.4 Å². The maximum Gasteiger partial charge on any atom is 0.434 e. The van der Waals surface area contributed by atoms with Gasteiger partial charge in [0.1, 0.15) is 5.75 Å². The van der Waals surface area contributed by atoms with Gasteiger partial charge in [-0.25, -0.2) is 4.98 Å². The highest BCUT2D eigenvalue weighted by atomic mass is 32.1. The highest BCUT2D eigenvalue weighted by Gasteiger charge is 2.33. The molecule has 1 aromatic heterocycles. The van der Waals surface area contributed by atoms with Gasteiger partial charge >= 0.3 is 6.18 Å². The lowest BCUT2D eigenvalue weighted by molar-refractivity contribution is -0.140. The molecule has 0 saturated heterocycles. The maximum atomic E-state index is 12.6. The summed E-state index contributed by atoms with van der Waals surface area (Å²) in [6, 6.07) is 6.11. The largest absolute Gasteiger partial charge is 0.493 e. The Balaban J connectivity index is 1.48. The van der Waals surface area contributed by atoms with Gasteiger partial charge in [-0.3, -0.25) is 4.99 Å². The molecule has 0 radical (unpaired) electrons. The summed E-state index contributed by atoms with van der Waals surface area (Å²) in [6.45, 7) is 3.75. The van der Waals surface area contributed by atoms with Gasteiger partial charge in [-0.05, 0) is 37.3 Å². The van der Waals surface area contributed by atoms with Crippen molar-refractivity contribution in [2.75, 3.05) is 20.2 Å². The summed E-state index contributed by atoms with van der Waals surface area (Å²) in [6.07, 6.45) is -1.53. The number of hydrogen-bond acceptors (Lipinski definition) is 4. The smallest absolute Gasteiger partial charge is 0.434 e. The number of thiazole rings is 1. The van der Waals surface area contributed by atoms with Crippen molar-refractivity contribution < 1.29 is 17.9 Å². The molecule has 1 aromatic carbocycles. The first-order valence-electron chi connectivity index (χ1n) is 9.53. The Morgan fingerprint density at radius 1 is 1.31 bits per heavy atom. The number of aryl methyl sites for hydroxylation is 1. The van der Waals surface area contributed by atoms with Crippen LogP contribution >= 0.6 is 11.3 Å². The van der Waals surface area contributed by atoms with E-state index in [1.165, 1.54) is 12.8 Å². The molecular weight excluding hydrogens is 401 g/mol. The van der Waals surface area contributed by atoms with Crippen LogP contribution in [0.4, 0.5) is 13.2 Å². The van der Waals surface area contributed by atoms with E-state index >= 15 is 0 Å². The van der Waals surface area contributed by atoms with Crippen molar-refractivity contribution in [3.05, 3.63) is 45.4 Å². The van der Waals surface area contributed by atoms with Crippen LogP contribution in [-0.2, 0) is 19.1 Å². The maximum absolute atomic E-state index is 12.6. The minimum atomic E-state index is -4.40. The molecule has 3 rings (SSSR count). The predicted molar refractivity (Wildman–Crippen MR) is 108 cm³/mol. The van der Waals surface area contributed by atoms with Crippen LogP contribution in [0.5, 0.6) is 5.75 Å². The Morgan fingerprint density at radius 2 is 2.10 bits per heavy atom. The molecule has 2 aromatic rings. The number of halogens is 3. The molecular formula is C20H25F3N4OS. The van der Waals surface area contributed by atoms with Crippen molar-refractivity contribution >= 4 is 17.3 Å². The molecule has 0 unspecified atom stereocenters. The first-order valence-corrected chi connectivity index (χ1v) is 10.4. The number of nitrogens with one attached hydrogen (secondary N) is 2. The number of aromatic nitrogens is 1. The van der Waals surface area contributed by atoms with Crippen molar-refractivity contribution in [2.24, 2.45) is 10.9 Å². The summed E-state index contributed by atoms with van der Waals surface area (Å²) in [4.78, 5) is 7.80. The van der Waals surface area contributed by atoms with Gasteiger partial charge in [0, 0.05) is 37.5 Å². The fraction of sp³-hybridized carbons (Fsp3) is 0.500. The van der Waals surface area contributed by atoms with E-state index in [9.17, 15) is 13.2 Å².